The van der Waals surface area contributed by atoms with Crippen molar-refractivity contribution in [3.63, 3.8) is 0 Å². The number of halogens is 2. The van der Waals surface area contributed by atoms with Crippen LogP contribution in [0.25, 0.3) is 0 Å². The SMILES string of the molecule is CC(C)CNCc1cc(F)c(Sc2ccncc2)c(F)c1. The molecule has 5 heteroatoms. The van der Waals surface area contributed by atoms with Crippen molar-refractivity contribution < 1.29 is 8.78 Å². The lowest BCUT2D eigenvalue weighted by Gasteiger charge is -2.10. The van der Waals surface area contributed by atoms with Gasteiger partial charge in [-0.25, -0.2) is 8.78 Å². The highest BCUT2D eigenvalue weighted by Crippen LogP contribution is 2.32. The molecule has 2 aromatic rings. The summed E-state index contributed by atoms with van der Waals surface area (Å²) in [5, 5.41) is 3.18. The lowest BCUT2D eigenvalue weighted by Crippen LogP contribution is -2.19. The van der Waals surface area contributed by atoms with Gasteiger partial charge in [0.1, 0.15) is 11.6 Å². The zero-order valence-electron chi connectivity index (χ0n) is 12.1. The van der Waals surface area contributed by atoms with Crippen molar-refractivity contribution in [2.45, 2.75) is 30.2 Å². The minimum Gasteiger partial charge on any atom is -0.312 e. The lowest BCUT2D eigenvalue weighted by atomic mass is 10.2. The molecule has 0 radical (unpaired) electrons. The van der Waals surface area contributed by atoms with E-state index in [2.05, 4.69) is 24.1 Å². The summed E-state index contributed by atoms with van der Waals surface area (Å²) < 4.78 is 28.2. The van der Waals surface area contributed by atoms with Crippen molar-refractivity contribution >= 4 is 11.8 Å². The molecule has 0 fully saturated rings. The predicted molar refractivity (Wildman–Crippen MR) is 81.3 cm³/mol. The van der Waals surface area contributed by atoms with Crippen LogP contribution in [-0.4, -0.2) is 11.5 Å². The van der Waals surface area contributed by atoms with Crippen molar-refractivity contribution in [3.8, 4) is 0 Å². The summed E-state index contributed by atoms with van der Waals surface area (Å²) in [5.74, 6) is -0.558. The van der Waals surface area contributed by atoms with E-state index in [1.807, 2.05) is 0 Å². The first-order chi connectivity index (χ1) is 10.1. The molecule has 1 aromatic heterocycles. The molecule has 1 heterocycles. The number of nitrogens with zero attached hydrogens (tertiary/aromatic N) is 1. The number of benzene rings is 1. The van der Waals surface area contributed by atoms with Crippen molar-refractivity contribution in [1.29, 1.82) is 0 Å². The van der Waals surface area contributed by atoms with Gasteiger partial charge in [-0.15, -0.1) is 0 Å². The van der Waals surface area contributed by atoms with E-state index in [1.54, 1.807) is 24.5 Å². The Bertz CT molecular complexity index is 565. The van der Waals surface area contributed by atoms with E-state index in [9.17, 15) is 8.78 Å². The van der Waals surface area contributed by atoms with Crippen LogP contribution in [-0.2, 0) is 6.54 Å². The molecule has 2 rings (SSSR count). The van der Waals surface area contributed by atoms with E-state index in [-0.39, 0.29) is 4.90 Å². The van der Waals surface area contributed by atoms with Crippen molar-refractivity contribution in [2.75, 3.05) is 6.54 Å². The molecule has 0 atom stereocenters. The average Bonchev–Trinajstić information content (AvgIpc) is 2.44. The minimum atomic E-state index is -0.529. The van der Waals surface area contributed by atoms with Crippen LogP contribution in [0.5, 0.6) is 0 Å². The topological polar surface area (TPSA) is 24.9 Å². The monoisotopic (exact) mass is 308 g/mol. The summed E-state index contributed by atoms with van der Waals surface area (Å²) in [6.45, 7) is 5.45. The number of rotatable bonds is 6. The Kier molecular flexibility index (Phi) is 5.70. The molecule has 0 unspecified atom stereocenters. The van der Waals surface area contributed by atoms with Gasteiger partial charge in [-0.2, -0.15) is 0 Å². The average molecular weight is 308 g/mol. The van der Waals surface area contributed by atoms with Crippen LogP contribution < -0.4 is 5.32 Å². The fraction of sp³-hybridized carbons (Fsp3) is 0.312. The molecular formula is C16H18F2N2S. The zero-order chi connectivity index (χ0) is 15.2. The molecule has 0 aliphatic rings. The number of nitrogens with one attached hydrogen (secondary N) is 1. The summed E-state index contributed by atoms with van der Waals surface area (Å²) >= 11 is 1.07. The summed E-state index contributed by atoms with van der Waals surface area (Å²) in [6, 6.07) is 6.23. The van der Waals surface area contributed by atoms with Crippen LogP contribution in [0.4, 0.5) is 8.78 Å². The third-order valence-electron chi connectivity index (χ3n) is 2.81. The Labute approximate surface area is 128 Å². The number of hydrogen-bond donors (Lipinski definition) is 1. The maximum absolute atomic E-state index is 14.1. The second-order valence-corrected chi connectivity index (χ2v) is 6.28. The Morgan fingerprint density at radius 3 is 2.33 bits per heavy atom. The first-order valence-electron chi connectivity index (χ1n) is 6.82. The highest BCUT2D eigenvalue weighted by molar-refractivity contribution is 7.99. The minimum absolute atomic E-state index is 0.0220. The second-order valence-electron chi connectivity index (χ2n) is 5.20. The summed E-state index contributed by atoms with van der Waals surface area (Å²) in [7, 11) is 0. The molecule has 0 saturated heterocycles. The largest absolute Gasteiger partial charge is 0.312 e. The Balaban J connectivity index is 2.10. The molecule has 0 spiro atoms. The molecule has 112 valence electrons. The molecule has 2 nitrogen and oxygen atoms in total. The van der Waals surface area contributed by atoms with Gasteiger partial charge in [-0.05, 0) is 42.3 Å². The van der Waals surface area contributed by atoms with E-state index in [0.29, 0.717) is 18.0 Å². The van der Waals surface area contributed by atoms with E-state index in [0.717, 1.165) is 23.2 Å². The van der Waals surface area contributed by atoms with E-state index < -0.39 is 11.6 Å². The van der Waals surface area contributed by atoms with Crippen LogP contribution in [0, 0.1) is 17.6 Å². The van der Waals surface area contributed by atoms with E-state index in [4.69, 9.17) is 0 Å². The van der Waals surface area contributed by atoms with Crippen molar-refractivity contribution in [1.82, 2.24) is 10.3 Å². The van der Waals surface area contributed by atoms with Gasteiger partial charge in [-0.1, -0.05) is 25.6 Å². The first-order valence-corrected chi connectivity index (χ1v) is 7.64. The van der Waals surface area contributed by atoms with Crippen molar-refractivity contribution in [3.05, 3.63) is 53.9 Å². The highest BCUT2D eigenvalue weighted by atomic mass is 32.2. The lowest BCUT2D eigenvalue weighted by molar-refractivity contribution is 0.525. The van der Waals surface area contributed by atoms with Gasteiger partial charge in [0, 0.05) is 23.8 Å². The van der Waals surface area contributed by atoms with Crippen LogP contribution in [0.15, 0.2) is 46.5 Å². The Morgan fingerprint density at radius 1 is 1.14 bits per heavy atom. The third-order valence-corrected chi connectivity index (χ3v) is 3.91. The molecular weight excluding hydrogens is 290 g/mol. The maximum atomic E-state index is 14.1. The van der Waals surface area contributed by atoms with Crippen LogP contribution in [0.1, 0.15) is 19.4 Å². The molecule has 0 aliphatic heterocycles. The number of pyridine rings is 1. The van der Waals surface area contributed by atoms with Gasteiger partial charge in [0.25, 0.3) is 0 Å². The molecule has 1 aromatic carbocycles. The van der Waals surface area contributed by atoms with Gasteiger partial charge in [0.15, 0.2) is 0 Å². The number of aromatic nitrogens is 1. The molecule has 0 aliphatic carbocycles. The molecule has 0 bridgehead atoms. The maximum Gasteiger partial charge on any atom is 0.140 e. The second kappa shape index (κ2) is 7.52. The Hall–Kier alpha value is -1.46. The summed E-state index contributed by atoms with van der Waals surface area (Å²) in [4.78, 5) is 4.66. The van der Waals surface area contributed by atoms with Gasteiger partial charge >= 0.3 is 0 Å². The standard InChI is InChI=1S/C16H18F2N2S/c1-11(2)9-20-10-12-7-14(17)16(15(18)8-12)21-13-3-5-19-6-4-13/h3-8,11,20H,9-10H2,1-2H3. The molecule has 0 saturated carbocycles. The zero-order valence-corrected chi connectivity index (χ0v) is 12.9. The molecule has 1 N–H and O–H groups in total. The fourth-order valence-electron chi connectivity index (χ4n) is 1.84. The first kappa shape index (κ1) is 15.9. The highest BCUT2D eigenvalue weighted by Gasteiger charge is 2.12. The molecule has 21 heavy (non-hydrogen) atoms. The van der Waals surface area contributed by atoms with Crippen LogP contribution in [0.3, 0.4) is 0 Å². The van der Waals surface area contributed by atoms with Crippen molar-refractivity contribution in [2.24, 2.45) is 5.92 Å². The summed E-state index contributed by atoms with van der Waals surface area (Å²) in [5.41, 5.74) is 0.615. The normalized spacial score (nSPS) is 11.1. The molecule has 0 amide bonds. The number of hydrogen-bond acceptors (Lipinski definition) is 3. The van der Waals surface area contributed by atoms with Gasteiger partial charge in [0.05, 0.1) is 4.90 Å². The quantitative estimate of drug-likeness (QED) is 0.863. The fourth-order valence-corrected chi connectivity index (χ4v) is 2.65. The van der Waals surface area contributed by atoms with E-state index in [1.165, 1.54) is 12.1 Å². The Morgan fingerprint density at radius 2 is 1.76 bits per heavy atom. The predicted octanol–water partition coefficient (Wildman–Crippen LogP) is 4.26. The van der Waals surface area contributed by atoms with Gasteiger partial charge in [-0.3, -0.25) is 4.98 Å². The summed E-state index contributed by atoms with van der Waals surface area (Å²) in [6.07, 6.45) is 3.20. The van der Waals surface area contributed by atoms with E-state index >= 15 is 0 Å². The van der Waals surface area contributed by atoms with Gasteiger partial charge in [0.2, 0.25) is 0 Å². The third kappa shape index (κ3) is 4.79. The van der Waals surface area contributed by atoms with Gasteiger partial charge < -0.3 is 5.32 Å². The van der Waals surface area contributed by atoms with Crippen LogP contribution >= 0.6 is 11.8 Å². The smallest absolute Gasteiger partial charge is 0.140 e. The van der Waals surface area contributed by atoms with Crippen LogP contribution in [0.2, 0.25) is 0 Å².